The fourth-order valence-corrected chi connectivity index (χ4v) is 3.74. The lowest BCUT2D eigenvalue weighted by molar-refractivity contribution is -0.0489. The first kappa shape index (κ1) is 24.6. The molecule has 0 radical (unpaired) electrons. The predicted molar refractivity (Wildman–Crippen MR) is 126 cm³/mol. The van der Waals surface area contributed by atoms with Crippen LogP contribution in [-0.2, 0) is 4.74 Å². The molecule has 0 aliphatic carbocycles. The molecule has 4 rings (SSSR count). The van der Waals surface area contributed by atoms with Crippen molar-refractivity contribution in [2.75, 3.05) is 20.3 Å². The highest BCUT2D eigenvalue weighted by Gasteiger charge is 2.28. The number of aromatic hydroxyl groups is 3. The van der Waals surface area contributed by atoms with Crippen molar-refractivity contribution in [1.29, 1.82) is 0 Å². The Kier molecular flexibility index (Phi) is 7.13. The van der Waals surface area contributed by atoms with E-state index in [9.17, 15) is 29.6 Å². The van der Waals surface area contributed by atoms with Crippen LogP contribution in [0, 0.1) is 5.82 Å². The molecule has 0 saturated heterocycles. The minimum Gasteiger partial charge on any atom is -0.507 e. The Morgan fingerprint density at radius 3 is 2.42 bits per heavy atom. The second-order valence-corrected chi connectivity index (χ2v) is 7.77. The summed E-state index contributed by atoms with van der Waals surface area (Å²) in [6, 6.07) is 15.8. The molecular formula is C25H23FN4O6. The van der Waals surface area contributed by atoms with Crippen molar-refractivity contribution in [2.24, 2.45) is 0 Å². The Labute approximate surface area is 205 Å². The fourth-order valence-electron chi connectivity index (χ4n) is 3.74. The van der Waals surface area contributed by atoms with Crippen LogP contribution in [0.4, 0.5) is 4.39 Å². The summed E-state index contributed by atoms with van der Waals surface area (Å²) in [5.41, 5.74) is 0.230. The maximum absolute atomic E-state index is 14.5. The van der Waals surface area contributed by atoms with E-state index in [0.717, 1.165) is 10.6 Å². The number of carbonyl (C=O) groups excluding carboxylic acids is 1. The van der Waals surface area contributed by atoms with Gasteiger partial charge in [0.15, 0.2) is 12.1 Å². The van der Waals surface area contributed by atoms with Gasteiger partial charge >= 0.3 is 6.01 Å². The molecule has 1 aromatic heterocycles. The smallest absolute Gasteiger partial charge is 0.319 e. The molecule has 1 unspecified atom stereocenters. The summed E-state index contributed by atoms with van der Waals surface area (Å²) in [5, 5.41) is 47.9. The van der Waals surface area contributed by atoms with Gasteiger partial charge in [-0.2, -0.15) is 0 Å². The normalized spacial score (nSPS) is 11.9. The molecule has 0 aliphatic heterocycles. The van der Waals surface area contributed by atoms with Crippen LogP contribution in [0.15, 0.2) is 66.7 Å². The summed E-state index contributed by atoms with van der Waals surface area (Å²) in [7, 11) is 1.46. The molecular weight excluding hydrogens is 471 g/mol. The molecule has 0 bridgehead atoms. The van der Waals surface area contributed by atoms with E-state index in [1.807, 2.05) is 0 Å². The summed E-state index contributed by atoms with van der Waals surface area (Å²) < 4.78 is 21.1. The number of amides is 1. The average Bonchev–Trinajstić information content (AvgIpc) is 3.25. The summed E-state index contributed by atoms with van der Waals surface area (Å²) in [4.78, 5) is 14.7. The van der Waals surface area contributed by atoms with Crippen LogP contribution in [0.5, 0.6) is 17.5 Å². The van der Waals surface area contributed by atoms with E-state index in [1.165, 1.54) is 36.2 Å². The lowest BCUT2D eigenvalue weighted by Crippen LogP contribution is -2.33. The molecule has 4 N–H and O–H groups in total. The quantitative estimate of drug-likeness (QED) is 0.274. The van der Waals surface area contributed by atoms with Crippen molar-refractivity contribution in [2.45, 2.75) is 6.23 Å². The van der Waals surface area contributed by atoms with Gasteiger partial charge < -0.3 is 30.1 Å². The number of hydrogen-bond donors (Lipinski definition) is 4. The number of rotatable bonds is 8. The van der Waals surface area contributed by atoms with Gasteiger partial charge in [0.25, 0.3) is 5.91 Å². The molecule has 186 valence electrons. The number of phenolic OH excluding ortho intramolecular Hbond substituents is 2. The van der Waals surface area contributed by atoms with Gasteiger partial charge in [0, 0.05) is 18.7 Å². The van der Waals surface area contributed by atoms with E-state index in [0.29, 0.717) is 5.56 Å². The number of phenols is 2. The molecule has 0 aliphatic rings. The third-order valence-corrected chi connectivity index (χ3v) is 5.45. The molecule has 1 heterocycles. The molecule has 0 saturated carbocycles. The van der Waals surface area contributed by atoms with Crippen molar-refractivity contribution >= 4 is 5.91 Å². The SMILES string of the molecule is CN(C(=O)c1cc(-c2nnc(O)n2-c2ccccc2F)c(O)cc1O)C(OCCO)c1ccccc1. The second kappa shape index (κ2) is 10.4. The third kappa shape index (κ3) is 4.69. The second-order valence-electron chi connectivity index (χ2n) is 7.77. The van der Waals surface area contributed by atoms with Crippen LogP contribution < -0.4 is 0 Å². The topological polar surface area (TPSA) is 141 Å². The zero-order valence-electron chi connectivity index (χ0n) is 19.1. The first-order valence-electron chi connectivity index (χ1n) is 10.8. The number of halogens is 1. The van der Waals surface area contributed by atoms with Crippen LogP contribution in [-0.4, -0.2) is 66.3 Å². The van der Waals surface area contributed by atoms with E-state index in [2.05, 4.69) is 10.2 Å². The van der Waals surface area contributed by atoms with Crippen molar-refractivity contribution < 1.29 is 34.3 Å². The number of aliphatic hydroxyl groups is 1. The van der Waals surface area contributed by atoms with Gasteiger partial charge in [-0.3, -0.25) is 4.79 Å². The first-order chi connectivity index (χ1) is 17.3. The van der Waals surface area contributed by atoms with Crippen LogP contribution in [0.1, 0.15) is 22.1 Å². The number of carbonyl (C=O) groups is 1. The Morgan fingerprint density at radius 1 is 1.03 bits per heavy atom. The number of ether oxygens (including phenoxy) is 1. The van der Waals surface area contributed by atoms with Crippen molar-refractivity contribution in [1.82, 2.24) is 19.7 Å². The number of para-hydroxylation sites is 1. The lowest BCUT2D eigenvalue weighted by atomic mass is 10.1. The van der Waals surface area contributed by atoms with Gasteiger partial charge in [-0.05, 0) is 18.2 Å². The largest absolute Gasteiger partial charge is 0.507 e. The maximum Gasteiger partial charge on any atom is 0.319 e. The Hall–Kier alpha value is -4.48. The molecule has 36 heavy (non-hydrogen) atoms. The molecule has 3 aromatic carbocycles. The van der Waals surface area contributed by atoms with Gasteiger partial charge in [0.1, 0.15) is 17.3 Å². The monoisotopic (exact) mass is 494 g/mol. The van der Waals surface area contributed by atoms with E-state index >= 15 is 0 Å². The van der Waals surface area contributed by atoms with Gasteiger partial charge in [-0.1, -0.05) is 47.6 Å². The number of hydrogen-bond acceptors (Lipinski definition) is 8. The van der Waals surface area contributed by atoms with E-state index in [-0.39, 0.29) is 35.9 Å². The Bertz CT molecular complexity index is 1380. The molecule has 4 aromatic rings. The van der Waals surface area contributed by atoms with Crippen molar-refractivity contribution in [3.63, 3.8) is 0 Å². The van der Waals surface area contributed by atoms with Crippen LogP contribution in [0.3, 0.4) is 0 Å². The van der Waals surface area contributed by atoms with E-state index in [4.69, 9.17) is 4.74 Å². The highest BCUT2D eigenvalue weighted by molar-refractivity contribution is 5.98. The predicted octanol–water partition coefficient (Wildman–Crippen LogP) is 2.97. The molecule has 1 amide bonds. The zero-order chi connectivity index (χ0) is 25.8. The number of aliphatic hydroxyl groups excluding tert-OH is 1. The van der Waals surface area contributed by atoms with Crippen LogP contribution >= 0.6 is 0 Å². The minimum absolute atomic E-state index is 0.0466. The fraction of sp³-hybridized carbons (Fsp3) is 0.160. The summed E-state index contributed by atoms with van der Waals surface area (Å²) in [6.45, 7) is -0.315. The van der Waals surface area contributed by atoms with E-state index in [1.54, 1.807) is 36.4 Å². The molecule has 10 nitrogen and oxygen atoms in total. The summed E-state index contributed by atoms with van der Waals surface area (Å²) in [6.07, 6.45) is -0.895. The first-order valence-corrected chi connectivity index (χ1v) is 10.8. The summed E-state index contributed by atoms with van der Waals surface area (Å²) in [5.74, 6) is -2.53. The third-order valence-electron chi connectivity index (χ3n) is 5.45. The lowest BCUT2D eigenvalue weighted by Gasteiger charge is -2.29. The van der Waals surface area contributed by atoms with Gasteiger partial charge in [-0.15, -0.1) is 5.10 Å². The average molecular weight is 494 g/mol. The molecule has 11 heteroatoms. The highest BCUT2D eigenvalue weighted by atomic mass is 19.1. The number of nitrogens with zero attached hydrogens (tertiary/aromatic N) is 4. The van der Waals surface area contributed by atoms with Crippen molar-refractivity contribution in [3.05, 3.63) is 83.7 Å². The van der Waals surface area contributed by atoms with Gasteiger partial charge in [0.05, 0.1) is 30.0 Å². The zero-order valence-corrected chi connectivity index (χ0v) is 19.1. The standard InChI is InChI=1S/C25H23FN4O6/c1-29(24(36-12-11-31)15-7-3-2-4-8-15)23(34)17-13-16(20(32)14-21(17)33)22-27-28-25(35)30(22)19-10-6-5-9-18(19)26/h2-10,13-14,24,31-33H,11-12H2,1H3,(H,28,35). The molecule has 0 spiro atoms. The Morgan fingerprint density at radius 2 is 1.72 bits per heavy atom. The Balaban J connectivity index is 1.78. The highest BCUT2D eigenvalue weighted by Crippen LogP contribution is 2.38. The molecule has 1 atom stereocenters. The van der Waals surface area contributed by atoms with Crippen molar-refractivity contribution in [3.8, 4) is 34.6 Å². The number of benzene rings is 3. The maximum atomic E-state index is 14.5. The minimum atomic E-state index is -0.895. The molecule has 0 fully saturated rings. The van der Waals surface area contributed by atoms with Gasteiger partial charge in [-0.25, -0.2) is 8.96 Å². The van der Waals surface area contributed by atoms with Crippen LogP contribution in [0.25, 0.3) is 17.1 Å². The summed E-state index contributed by atoms with van der Waals surface area (Å²) >= 11 is 0. The van der Waals surface area contributed by atoms with Gasteiger partial charge in [0.2, 0.25) is 0 Å². The van der Waals surface area contributed by atoms with E-state index < -0.39 is 35.5 Å². The number of aromatic nitrogens is 3. The van der Waals surface area contributed by atoms with Crippen LogP contribution in [0.2, 0.25) is 0 Å².